The molecule has 0 unspecified atom stereocenters. The number of nitrogens with one attached hydrogen (secondary N) is 2. The van der Waals surface area contributed by atoms with E-state index in [9.17, 15) is 19.5 Å². The summed E-state index contributed by atoms with van der Waals surface area (Å²) in [6.07, 6.45) is 5.94. The van der Waals surface area contributed by atoms with Gasteiger partial charge < -0.3 is 15.7 Å². The largest absolute Gasteiger partial charge is 0.480 e. The van der Waals surface area contributed by atoms with Crippen LogP contribution in [0.5, 0.6) is 0 Å². The van der Waals surface area contributed by atoms with E-state index in [2.05, 4.69) is 10.6 Å². The number of carbonyl (C=O) groups is 3. The van der Waals surface area contributed by atoms with Crippen molar-refractivity contribution in [1.29, 1.82) is 0 Å². The molecule has 6 nitrogen and oxygen atoms in total. The SMILES string of the molecule is O=C(NC1(C(=O)O)CCC1)c1ccc(CNC(=O)C2CCCC2)cc1. The summed E-state index contributed by atoms with van der Waals surface area (Å²) < 4.78 is 0. The molecule has 134 valence electrons. The Bertz CT molecular complexity index is 659. The van der Waals surface area contributed by atoms with Crippen molar-refractivity contribution in [2.24, 2.45) is 5.92 Å². The van der Waals surface area contributed by atoms with Gasteiger partial charge in [-0.2, -0.15) is 0 Å². The highest BCUT2D eigenvalue weighted by Gasteiger charge is 2.45. The number of carboxylic acids is 1. The van der Waals surface area contributed by atoms with Crippen molar-refractivity contribution in [3.63, 3.8) is 0 Å². The summed E-state index contributed by atoms with van der Waals surface area (Å²) in [5.74, 6) is -1.10. The predicted octanol–water partition coefficient (Wildman–Crippen LogP) is 2.23. The minimum absolute atomic E-state index is 0.104. The molecule has 3 rings (SSSR count). The topological polar surface area (TPSA) is 95.5 Å². The van der Waals surface area contributed by atoms with Crippen LogP contribution >= 0.6 is 0 Å². The highest BCUT2D eigenvalue weighted by atomic mass is 16.4. The van der Waals surface area contributed by atoms with Crippen LogP contribution in [-0.4, -0.2) is 28.4 Å². The molecule has 2 aliphatic carbocycles. The number of carboxylic acid groups (broad SMARTS) is 1. The van der Waals surface area contributed by atoms with Gasteiger partial charge >= 0.3 is 5.97 Å². The lowest BCUT2D eigenvalue weighted by Crippen LogP contribution is -2.59. The number of benzene rings is 1. The van der Waals surface area contributed by atoms with Crippen LogP contribution in [0.2, 0.25) is 0 Å². The molecule has 0 heterocycles. The van der Waals surface area contributed by atoms with Crippen LogP contribution in [-0.2, 0) is 16.1 Å². The lowest BCUT2D eigenvalue weighted by molar-refractivity contribution is -0.148. The lowest BCUT2D eigenvalue weighted by Gasteiger charge is -2.38. The quantitative estimate of drug-likeness (QED) is 0.737. The van der Waals surface area contributed by atoms with Gasteiger partial charge in [-0.1, -0.05) is 25.0 Å². The molecule has 25 heavy (non-hydrogen) atoms. The zero-order valence-electron chi connectivity index (χ0n) is 14.2. The number of hydrogen-bond acceptors (Lipinski definition) is 3. The van der Waals surface area contributed by atoms with E-state index < -0.39 is 11.5 Å². The molecule has 2 aliphatic rings. The minimum atomic E-state index is -1.11. The minimum Gasteiger partial charge on any atom is -0.480 e. The second-order valence-corrected chi connectivity index (χ2v) is 7.09. The molecule has 3 N–H and O–H groups in total. The second kappa shape index (κ2) is 7.25. The Balaban J connectivity index is 1.53. The third-order valence-electron chi connectivity index (χ3n) is 5.38. The molecule has 0 aromatic heterocycles. The van der Waals surface area contributed by atoms with Gasteiger partial charge in [-0.15, -0.1) is 0 Å². The number of carbonyl (C=O) groups excluding carboxylic acids is 2. The van der Waals surface area contributed by atoms with Crippen LogP contribution in [0.25, 0.3) is 0 Å². The molecule has 0 spiro atoms. The molecular formula is C19H24N2O4. The number of amides is 2. The Morgan fingerprint density at radius 1 is 1.04 bits per heavy atom. The molecule has 0 radical (unpaired) electrons. The van der Waals surface area contributed by atoms with E-state index in [1.54, 1.807) is 24.3 Å². The first-order valence-corrected chi connectivity index (χ1v) is 8.93. The van der Waals surface area contributed by atoms with Gasteiger partial charge in [0.1, 0.15) is 5.54 Å². The van der Waals surface area contributed by atoms with Crippen molar-refractivity contribution < 1.29 is 19.5 Å². The van der Waals surface area contributed by atoms with Crippen LogP contribution in [0, 0.1) is 5.92 Å². The van der Waals surface area contributed by atoms with Crippen LogP contribution < -0.4 is 10.6 Å². The van der Waals surface area contributed by atoms with E-state index in [4.69, 9.17) is 0 Å². The summed E-state index contributed by atoms with van der Waals surface area (Å²) in [4.78, 5) is 35.6. The summed E-state index contributed by atoms with van der Waals surface area (Å²) in [6, 6.07) is 6.91. The van der Waals surface area contributed by atoms with Gasteiger partial charge in [0.2, 0.25) is 5.91 Å². The third-order valence-corrected chi connectivity index (χ3v) is 5.38. The molecule has 0 bridgehead atoms. The molecule has 2 amide bonds. The normalized spacial score (nSPS) is 19.0. The fraction of sp³-hybridized carbons (Fsp3) is 0.526. The van der Waals surface area contributed by atoms with Crippen LogP contribution in [0.3, 0.4) is 0 Å². The average Bonchev–Trinajstić information content (AvgIpc) is 3.10. The lowest BCUT2D eigenvalue weighted by atomic mass is 9.76. The Morgan fingerprint density at radius 2 is 1.68 bits per heavy atom. The highest BCUT2D eigenvalue weighted by Crippen LogP contribution is 2.32. The first-order valence-electron chi connectivity index (χ1n) is 8.93. The van der Waals surface area contributed by atoms with Crippen molar-refractivity contribution in [1.82, 2.24) is 10.6 Å². The smallest absolute Gasteiger partial charge is 0.329 e. The highest BCUT2D eigenvalue weighted by molar-refractivity contribution is 5.98. The first kappa shape index (κ1) is 17.5. The maximum Gasteiger partial charge on any atom is 0.329 e. The van der Waals surface area contributed by atoms with Crippen molar-refractivity contribution in [3.05, 3.63) is 35.4 Å². The maximum atomic E-state index is 12.3. The summed E-state index contributed by atoms with van der Waals surface area (Å²) in [5, 5.41) is 14.9. The van der Waals surface area contributed by atoms with Crippen molar-refractivity contribution >= 4 is 17.8 Å². The molecule has 2 saturated carbocycles. The molecular weight excluding hydrogens is 320 g/mol. The van der Waals surface area contributed by atoms with E-state index in [1.165, 1.54) is 0 Å². The Labute approximate surface area is 147 Å². The summed E-state index contributed by atoms with van der Waals surface area (Å²) in [5.41, 5.74) is 0.239. The molecule has 1 aromatic rings. The van der Waals surface area contributed by atoms with Gasteiger partial charge in [-0.05, 0) is 49.8 Å². The monoisotopic (exact) mass is 344 g/mol. The van der Waals surface area contributed by atoms with E-state index in [0.717, 1.165) is 37.7 Å². The second-order valence-electron chi connectivity index (χ2n) is 7.09. The van der Waals surface area contributed by atoms with E-state index in [1.807, 2.05) is 0 Å². The van der Waals surface area contributed by atoms with Crippen molar-refractivity contribution in [3.8, 4) is 0 Å². The summed E-state index contributed by atoms with van der Waals surface area (Å²) in [7, 11) is 0. The van der Waals surface area contributed by atoms with Gasteiger partial charge in [-0.3, -0.25) is 9.59 Å². The zero-order chi connectivity index (χ0) is 17.9. The third kappa shape index (κ3) is 3.83. The van der Waals surface area contributed by atoms with E-state index in [0.29, 0.717) is 24.9 Å². The molecule has 0 aliphatic heterocycles. The fourth-order valence-corrected chi connectivity index (χ4v) is 3.51. The zero-order valence-corrected chi connectivity index (χ0v) is 14.2. The molecule has 0 saturated heterocycles. The van der Waals surface area contributed by atoms with Gasteiger partial charge in [0.15, 0.2) is 0 Å². The Hall–Kier alpha value is -2.37. The standard InChI is InChI=1S/C19H24N2O4/c22-16(14-4-1-2-5-14)20-12-13-6-8-15(9-7-13)17(23)21-19(18(24)25)10-3-11-19/h6-9,14H,1-5,10-12H2,(H,20,22)(H,21,23)(H,24,25). The molecule has 6 heteroatoms. The maximum absolute atomic E-state index is 12.3. The summed E-state index contributed by atoms with van der Waals surface area (Å²) in [6.45, 7) is 0.441. The fourth-order valence-electron chi connectivity index (χ4n) is 3.51. The van der Waals surface area contributed by atoms with Crippen molar-refractivity contribution in [2.75, 3.05) is 0 Å². The molecule has 0 atom stereocenters. The van der Waals surface area contributed by atoms with Gasteiger partial charge in [-0.25, -0.2) is 4.79 Å². The van der Waals surface area contributed by atoms with Gasteiger partial charge in [0, 0.05) is 18.0 Å². The number of rotatable bonds is 6. The summed E-state index contributed by atoms with van der Waals surface area (Å²) >= 11 is 0. The van der Waals surface area contributed by atoms with Gasteiger partial charge in [0.05, 0.1) is 0 Å². The van der Waals surface area contributed by atoms with E-state index >= 15 is 0 Å². The van der Waals surface area contributed by atoms with Crippen LogP contribution in [0.4, 0.5) is 0 Å². The van der Waals surface area contributed by atoms with Crippen LogP contribution in [0.15, 0.2) is 24.3 Å². The number of aliphatic carboxylic acids is 1. The first-order chi connectivity index (χ1) is 12.0. The Kier molecular flexibility index (Phi) is 5.06. The Morgan fingerprint density at radius 3 is 2.20 bits per heavy atom. The van der Waals surface area contributed by atoms with Gasteiger partial charge in [0.25, 0.3) is 5.91 Å². The van der Waals surface area contributed by atoms with Crippen LogP contribution in [0.1, 0.15) is 60.9 Å². The average molecular weight is 344 g/mol. The molecule has 1 aromatic carbocycles. The van der Waals surface area contributed by atoms with E-state index in [-0.39, 0.29) is 17.7 Å². The molecule has 2 fully saturated rings. The van der Waals surface area contributed by atoms with Crippen molar-refractivity contribution in [2.45, 2.75) is 57.0 Å². The number of hydrogen-bond donors (Lipinski definition) is 3. The predicted molar refractivity (Wildman–Crippen MR) is 91.9 cm³/mol.